The van der Waals surface area contributed by atoms with E-state index in [0.717, 1.165) is 32.1 Å². The third kappa shape index (κ3) is 10.2. The van der Waals surface area contributed by atoms with Crippen molar-refractivity contribution in [1.29, 1.82) is 0 Å². The van der Waals surface area contributed by atoms with Gasteiger partial charge in [-0.15, -0.1) is 0 Å². The van der Waals surface area contributed by atoms with Crippen LogP contribution in [0.5, 0.6) is 11.5 Å². The van der Waals surface area contributed by atoms with Crippen LogP contribution >= 0.6 is 0 Å². The monoisotopic (exact) mass is 474 g/mol. The van der Waals surface area contributed by atoms with Gasteiger partial charge in [0.05, 0.1) is 6.61 Å². The highest BCUT2D eigenvalue weighted by molar-refractivity contribution is 5.73. The molecule has 2 aromatic carbocycles. The number of ether oxygens (including phenoxy) is 2. The van der Waals surface area contributed by atoms with Gasteiger partial charge in [0.25, 0.3) is 0 Å². The Morgan fingerprint density at radius 2 is 1.18 bits per heavy atom. The number of halogens is 2. The van der Waals surface area contributed by atoms with Crippen molar-refractivity contribution in [3.05, 3.63) is 48.0 Å². The molecule has 0 aliphatic carbocycles. The van der Waals surface area contributed by atoms with E-state index < -0.39 is 17.6 Å². The van der Waals surface area contributed by atoms with Gasteiger partial charge < -0.3 is 9.47 Å². The zero-order valence-corrected chi connectivity index (χ0v) is 20.8. The van der Waals surface area contributed by atoms with Crippen molar-refractivity contribution in [2.45, 2.75) is 97.3 Å². The SMILES string of the molecule is CCCCCCCCOc1ccc(-c2ccc(OC(=O)CCCCCCCC)c(F)c2)cc1F. The fourth-order valence-electron chi connectivity index (χ4n) is 3.85. The average Bonchev–Trinajstić information content (AvgIpc) is 2.83. The maximum absolute atomic E-state index is 14.5. The Kier molecular flexibility index (Phi) is 13.3. The lowest BCUT2D eigenvalue weighted by Gasteiger charge is -2.10. The van der Waals surface area contributed by atoms with Crippen molar-refractivity contribution in [1.82, 2.24) is 0 Å². The van der Waals surface area contributed by atoms with Crippen molar-refractivity contribution in [3.63, 3.8) is 0 Å². The molecule has 0 aromatic heterocycles. The van der Waals surface area contributed by atoms with Gasteiger partial charge in [0, 0.05) is 6.42 Å². The van der Waals surface area contributed by atoms with Gasteiger partial charge in [-0.3, -0.25) is 4.79 Å². The fraction of sp³-hybridized carbons (Fsp3) is 0.552. The number of rotatable bonds is 17. The third-order valence-corrected chi connectivity index (χ3v) is 5.91. The zero-order valence-electron chi connectivity index (χ0n) is 20.8. The highest BCUT2D eigenvalue weighted by atomic mass is 19.1. The maximum Gasteiger partial charge on any atom is 0.311 e. The molecule has 5 heteroatoms. The number of unbranched alkanes of at least 4 members (excludes halogenated alkanes) is 10. The first-order valence-electron chi connectivity index (χ1n) is 13.0. The summed E-state index contributed by atoms with van der Waals surface area (Å²) in [6.07, 6.45) is 13.5. The molecule has 0 amide bonds. The molecule has 0 spiro atoms. The molecular weight excluding hydrogens is 434 g/mol. The quantitative estimate of drug-likeness (QED) is 0.130. The van der Waals surface area contributed by atoms with Crippen molar-refractivity contribution < 1.29 is 23.0 Å². The minimum atomic E-state index is -0.641. The van der Waals surface area contributed by atoms with Crippen molar-refractivity contribution in [3.8, 4) is 22.6 Å². The topological polar surface area (TPSA) is 35.5 Å². The van der Waals surface area contributed by atoms with E-state index in [2.05, 4.69) is 13.8 Å². The summed E-state index contributed by atoms with van der Waals surface area (Å²) >= 11 is 0. The maximum atomic E-state index is 14.5. The van der Waals surface area contributed by atoms with E-state index in [4.69, 9.17) is 9.47 Å². The number of hydrogen-bond donors (Lipinski definition) is 0. The van der Waals surface area contributed by atoms with Crippen LogP contribution in [0.2, 0.25) is 0 Å². The molecule has 0 saturated heterocycles. The second-order valence-electron chi connectivity index (χ2n) is 8.90. The lowest BCUT2D eigenvalue weighted by atomic mass is 10.0. The summed E-state index contributed by atoms with van der Waals surface area (Å²) in [6.45, 7) is 4.83. The molecule has 0 atom stereocenters. The van der Waals surface area contributed by atoms with E-state index in [1.54, 1.807) is 18.2 Å². The van der Waals surface area contributed by atoms with E-state index in [-0.39, 0.29) is 17.9 Å². The van der Waals surface area contributed by atoms with E-state index in [1.807, 2.05) is 0 Å². The lowest BCUT2D eigenvalue weighted by molar-refractivity contribution is -0.134. The number of hydrogen-bond acceptors (Lipinski definition) is 3. The van der Waals surface area contributed by atoms with Crippen LogP contribution in [0.3, 0.4) is 0 Å². The number of carbonyl (C=O) groups is 1. The van der Waals surface area contributed by atoms with Crippen molar-refractivity contribution in [2.24, 2.45) is 0 Å². The lowest BCUT2D eigenvalue weighted by Crippen LogP contribution is -2.08. The van der Waals surface area contributed by atoms with Crippen LogP contribution in [0, 0.1) is 11.6 Å². The molecule has 0 radical (unpaired) electrons. The summed E-state index contributed by atoms with van der Waals surface area (Å²) in [6, 6.07) is 8.94. The standard InChI is InChI=1S/C29H40F2O3/c1-3-5-7-9-11-13-15-29(32)34-28-19-17-24(22-26(28)31)23-16-18-27(25(30)21-23)33-20-14-12-10-8-6-4-2/h16-19,21-22H,3-15,20H2,1-2H3. The Balaban J connectivity index is 1.83. The van der Waals surface area contributed by atoms with Gasteiger partial charge in [-0.2, -0.15) is 0 Å². The first-order valence-corrected chi connectivity index (χ1v) is 13.0. The van der Waals surface area contributed by atoms with Gasteiger partial charge in [-0.1, -0.05) is 90.2 Å². The predicted molar refractivity (Wildman–Crippen MR) is 134 cm³/mol. The Labute approximate surface area is 203 Å². The van der Waals surface area contributed by atoms with E-state index in [1.165, 1.54) is 63.1 Å². The molecule has 0 saturated carbocycles. The minimum absolute atomic E-state index is 0.0981. The van der Waals surface area contributed by atoms with Crippen LogP contribution in [0.15, 0.2) is 36.4 Å². The predicted octanol–water partition coefficient (Wildman–Crippen LogP) is 9.03. The largest absolute Gasteiger partial charge is 0.491 e. The first-order chi connectivity index (χ1) is 16.5. The summed E-state index contributed by atoms with van der Waals surface area (Å²) in [4.78, 5) is 12.0. The number of esters is 1. The third-order valence-electron chi connectivity index (χ3n) is 5.91. The summed E-state index contributed by atoms with van der Waals surface area (Å²) in [5, 5.41) is 0. The zero-order chi connectivity index (χ0) is 24.6. The molecule has 188 valence electrons. The molecule has 0 unspecified atom stereocenters. The molecule has 0 bridgehead atoms. The van der Waals surface area contributed by atoms with Gasteiger partial charge in [0.2, 0.25) is 0 Å². The summed E-state index contributed by atoms with van der Waals surface area (Å²) in [7, 11) is 0. The average molecular weight is 475 g/mol. The van der Waals surface area contributed by atoms with Crippen molar-refractivity contribution >= 4 is 5.97 Å². The van der Waals surface area contributed by atoms with Crippen LogP contribution in [0.4, 0.5) is 8.78 Å². The molecule has 2 rings (SSSR count). The number of carbonyl (C=O) groups excluding carboxylic acids is 1. The number of benzene rings is 2. The fourth-order valence-corrected chi connectivity index (χ4v) is 3.85. The molecule has 34 heavy (non-hydrogen) atoms. The van der Waals surface area contributed by atoms with E-state index in [0.29, 0.717) is 17.7 Å². The summed E-state index contributed by atoms with van der Waals surface area (Å²) in [5.74, 6) is -1.44. The Hall–Kier alpha value is -2.43. The smallest absolute Gasteiger partial charge is 0.311 e. The Bertz CT molecular complexity index is 866. The molecule has 0 aliphatic heterocycles. The van der Waals surface area contributed by atoms with Gasteiger partial charge in [-0.25, -0.2) is 8.78 Å². The van der Waals surface area contributed by atoms with Crippen molar-refractivity contribution in [2.75, 3.05) is 6.61 Å². The van der Waals surface area contributed by atoms with Crippen LogP contribution in [-0.4, -0.2) is 12.6 Å². The minimum Gasteiger partial charge on any atom is -0.491 e. The highest BCUT2D eigenvalue weighted by Gasteiger charge is 2.12. The second kappa shape index (κ2) is 16.2. The van der Waals surface area contributed by atoms with Gasteiger partial charge in [0.15, 0.2) is 23.1 Å². The molecule has 3 nitrogen and oxygen atoms in total. The molecule has 0 aliphatic rings. The Morgan fingerprint density at radius 3 is 1.74 bits per heavy atom. The summed E-state index contributed by atoms with van der Waals surface area (Å²) < 4.78 is 39.8. The molecular formula is C29H40F2O3. The first kappa shape index (κ1) is 27.8. The molecule has 2 aromatic rings. The van der Waals surface area contributed by atoms with E-state index in [9.17, 15) is 13.6 Å². The van der Waals surface area contributed by atoms with Crippen LogP contribution in [-0.2, 0) is 4.79 Å². The summed E-state index contributed by atoms with van der Waals surface area (Å²) in [5.41, 5.74) is 1.04. The van der Waals surface area contributed by atoms with Gasteiger partial charge in [0.1, 0.15) is 0 Å². The van der Waals surface area contributed by atoms with Crippen LogP contribution in [0.25, 0.3) is 11.1 Å². The highest BCUT2D eigenvalue weighted by Crippen LogP contribution is 2.29. The Morgan fingerprint density at radius 1 is 0.676 bits per heavy atom. The normalized spacial score (nSPS) is 10.9. The van der Waals surface area contributed by atoms with Gasteiger partial charge >= 0.3 is 5.97 Å². The van der Waals surface area contributed by atoms with Crippen LogP contribution in [0.1, 0.15) is 97.3 Å². The van der Waals surface area contributed by atoms with Gasteiger partial charge in [-0.05, 0) is 48.2 Å². The second-order valence-corrected chi connectivity index (χ2v) is 8.90. The van der Waals surface area contributed by atoms with Crippen LogP contribution < -0.4 is 9.47 Å². The van der Waals surface area contributed by atoms with E-state index >= 15 is 0 Å². The molecule has 0 fully saturated rings. The molecule has 0 N–H and O–H groups in total. The molecule has 0 heterocycles.